The third kappa shape index (κ3) is 1.55. The van der Waals surface area contributed by atoms with Gasteiger partial charge in [-0.15, -0.1) is 0 Å². The van der Waals surface area contributed by atoms with Crippen molar-refractivity contribution >= 4 is 11.8 Å². The quantitative estimate of drug-likeness (QED) is 0.621. The number of carbonyl (C=O) groups is 2. The summed E-state index contributed by atoms with van der Waals surface area (Å²) in [5, 5.41) is 0. The number of hydrogen-bond acceptors (Lipinski definition) is 3. The molecule has 0 bridgehead atoms. The van der Waals surface area contributed by atoms with Crippen LogP contribution in [0.15, 0.2) is 0 Å². The molecule has 3 rings (SSSR count). The number of carbonyl (C=O) groups excluding carboxylic acids is 2. The van der Waals surface area contributed by atoms with Crippen molar-refractivity contribution in [2.45, 2.75) is 52.6 Å². The van der Waals surface area contributed by atoms with Gasteiger partial charge < -0.3 is 4.74 Å². The summed E-state index contributed by atoms with van der Waals surface area (Å²) in [7, 11) is 0. The first-order valence-electron chi connectivity index (χ1n) is 7.16. The zero-order valence-electron chi connectivity index (χ0n) is 11.4. The average Bonchev–Trinajstić information content (AvgIpc) is 2.73. The van der Waals surface area contributed by atoms with Crippen molar-refractivity contribution in [3.05, 3.63) is 0 Å². The number of ketones is 1. The number of ether oxygens (including phenoxy) is 1. The van der Waals surface area contributed by atoms with Gasteiger partial charge in [-0.2, -0.15) is 0 Å². The fourth-order valence-electron chi connectivity index (χ4n) is 4.40. The molecule has 2 aliphatic carbocycles. The van der Waals surface area contributed by atoms with Gasteiger partial charge in [0.25, 0.3) is 0 Å². The summed E-state index contributed by atoms with van der Waals surface area (Å²) in [5.74, 6) is 0.669. The summed E-state index contributed by atoms with van der Waals surface area (Å²) in [6.45, 7) is 6.31. The van der Waals surface area contributed by atoms with Crippen LogP contribution in [0.1, 0.15) is 46.5 Å². The predicted octanol–water partition coefficient (Wildman–Crippen LogP) is 2.58. The summed E-state index contributed by atoms with van der Waals surface area (Å²) in [4.78, 5) is 24.5. The average molecular weight is 250 g/mol. The summed E-state index contributed by atoms with van der Waals surface area (Å²) in [5.41, 5.74) is -0.0422. The Kier molecular flexibility index (Phi) is 2.58. The molecular formula is C15H22O3. The second kappa shape index (κ2) is 3.82. The molecule has 18 heavy (non-hydrogen) atoms. The molecule has 5 unspecified atom stereocenters. The maximum Gasteiger partial charge on any atom is 0.309 e. The standard InChI is InChI=1S/C15H22O3/c1-8-5-4-6-9-11-10(12(8)16)7-15(2,3)13(11)18-14(9)17/h8-11,13H,4-7H2,1-3H3. The second-order valence-electron chi connectivity index (χ2n) is 7.07. The highest BCUT2D eigenvalue weighted by Gasteiger charge is 2.61. The molecule has 3 fully saturated rings. The van der Waals surface area contributed by atoms with Gasteiger partial charge in [0, 0.05) is 23.2 Å². The topological polar surface area (TPSA) is 43.4 Å². The molecular weight excluding hydrogens is 228 g/mol. The van der Waals surface area contributed by atoms with E-state index in [1.165, 1.54) is 0 Å². The second-order valence-corrected chi connectivity index (χ2v) is 7.07. The minimum absolute atomic E-state index is 0.0155. The number of rotatable bonds is 0. The van der Waals surface area contributed by atoms with E-state index < -0.39 is 0 Å². The highest BCUT2D eigenvalue weighted by molar-refractivity contribution is 5.86. The Morgan fingerprint density at radius 3 is 2.61 bits per heavy atom. The van der Waals surface area contributed by atoms with Crippen molar-refractivity contribution in [2.24, 2.45) is 29.1 Å². The van der Waals surface area contributed by atoms with Crippen molar-refractivity contribution in [3.63, 3.8) is 0 Å². The van der Waals surface area contributed by atoms with Gasteiger partial charge in [0.2, 0.25) is 0 Å². The lowest BCUT2D eigenvalue weighted by Crippen LogP contribution is -2.33. The van der Waals surface area contributed by atoms with Gasteiger partial charge in [0.05, 0.1) is 5.92 Å². The van der Waals surface area contributed by atoms with Crippen molar-refractivity contribution in [3.8, 4) is 0 Å². The lowest BCUT2D eigenvalue weighted by atomic mass is 9.74. The first kappa shape index (κ1) is 12.2. The molecule has 0 aromatic carbocycles. The molecule has 0 aromatic heterocycles. The lowest BCUT2D eigenvalue weighted by Gasteiger charge is -2.26. The Balaban J connectivity index is 2.00. The fourth-order valence-corrected chi connectivity index (χ4v) is 4.40. The first-order valence-corrected chi connectivity index (χ1v) is 7.16. The van der Waals surface area contributed by atoms with Crippen LogP contribution in [0.5, 0.6) is 0 Å². The minimum Gasteiger partial charge on any atom is -0.461 e. The van der Waals surface area contributed by atoms with Crippen molar-refractivity contribution in [1.29, 1.82) is 0 Å². The molecule has 2 saturated carbocycles. The van der Waals surface area contributed by atoms with E-state index in [0.717, 1.165) is 25.7 Å². The van der Waals surface area contributed by atoms with E-state index in [9.17, 15) is 9.59 Å². The van der Waals surface area contributed by atoms with E-state index in [4.69, 9.17) is 4.74 Å². The molecule has 0 radical (unpaired) electrons. The van der Waals surface area contributed by atoms with E-state index in [0.29, 0.717) is 5.78 Å². The predicted molar refractivity (Wildman–Crippen MR) is 66.8 cm³/mol. The molecule has 1 heterocycles. The van der Waals surface area contributed by atoms with Crippen LogP contribution in [0, 0.1) is 29.1 Å². The minimum atomic E-state index is -0.0508. The van der Waals surface area contributed by atoms with Gasteiger partial charge >= 0.3 is 5.97 Å². The van der Waals surface area contributed by atoms with E-state index in [2.05, 4.69) is 13.8 Å². The molecule has 3 heteroatoms. The third-order valence-electron chi connectivity index (χ3n) is 5.34. The lowest BCUT2D eigenvalue weighted by molar-refractivity contribution is -0.148. The van der Waals surface area contributed by atoms with Crippen molar-refractivity contribution in [1.82, 2.24) is 0 Å². The first-order chi connectivity index (χ1) is 8.42. The smallest absolute Gasteiger partial charge is 0.309 e. The molecule has 100 valence electrons. The molecule has 0 amide bonds. The zero-order chi connectivity index (χ0) is 13.1. The van der Waals surface area contributed by atoms with Crippen molar-refractivity contribution < 1.29 is 14.3 Å². The Labute approximate surface area is 108 Å². The monoisotopic (exact) mass is 250 g/mol. The van der Waals surface area contributed by atoms with Crippen LogP contribution >= 0.6 is 0 Å². The normalized spacial score (nSPS) is 46.3. The maximum atomic E-state index is 12.5. The fraction of sp³-hybridized carbons (Fsp3) is 0.867. The van der Waals surface area contributed by atoms with Crippen molar-refractivity contribution in [2.75, 3.05) is 0 Å². The van der Waals surface area contributed by atoms with Crippen LogP contribution < -0.4 is 0 Å². The number of hydrogen-bond donors (Lipinski definition) is 0. The van der Waals surface area contributed by atoms with Gasteiger partial charge in [0.1, 0.15) is 11.9 Å². The molecule has 3 aliphatic rings. The Morgan fingerprint density at radius 2 is 1.89 bits per heavy atom. The zero-order valence-corrected chi connectivity index (χ0v) is 11.4. The molecule has 0 spiro atoms. The van der Waals surface area contributed by atoms with E-state index in [1.807, 2.05) is 6.92 Å². The number of Topliss-reactive ketones (excluding diaryl/α,β-unsaturated/α-hetero) is 1. The molecule has 1 aliphatic heterocycles. The van der Waals surface area contributed by atoms with Crippen LogP contribution in [0.2, 0.25) is 0 Å². The Morgan fingerprint density at radius 1 is 1.17 bits per heavy atom. The third-order valence-corrected chi connectivity index (χ3v) is 5.34. The van der Waals surface area contributed by atoms with Crippen LogP contribution in [-0.4, -0.2) is 17.9 Å². The molecule has 0 aromatic rings. The van der Waals surface area contributed by atoms with Gasteiger partial charge in [-0.25, -0.2) is 0 Å². The van der Waals surface area contributed by atoms with E-state index >= 15 is 0 Å². The summed E-state index contributed by atoms with van der Waals surface area (Å²) in [6, 6.07) is 0. The molecule has 1 saturated heterocycles. The largest absolute Gasteiger partial charge is 0.461 e. The highest BCUT2D eigenvalue weighted by atomic mass is 16.6. The van der Waals surface area contributed by atoms with E-state index in [1.54, 1.807) is 0 Å². The van der Waals surface area contributed by atoms with Gasteiger partial charge in [-0.3, -0.25) is 9.59 Å². The van der Waals surface area contributed by atoms with Crippen LogP contribution in [0.4, 0.5) is 0 Å². The van der Waals surface area contributed by atoms with Crippen LogP contribution in [0.25, 0.3) is 0 Å². The van der Waals surface area contributed by atoms with Gasteiger partial charge in [-0.05, 0) is 19.3 Å². The molecule has 0 N–H and O–H groups in total. The van der Waals surface area contributed by atoms with Gasteiger partial charge in [0.15, 0.2) is 0 Å². The van der Waals surface area contributed by atoms with E-state index in [-0.39, 0.29) is 41.2 Å². The summed E-state index contributed by atoms with van der Waals surface area (Å²) in [6.07, 6.45) is 3.66. The SMILES string of the molecule is CC1CCCC2C(=O)OC3C2C(CC3(C)C)C1=O. The van der Waals surface area contributed by atoms with Crippen LogP contribution in [-0.2, 0) is 14.3 Å². The number of esters is 1. The highest BCUT2D eigenvalue weighted by Crippen LogP contribution is 2.56. The molecule has 3 nitrogen and oxygen atoms in total. The Bertz CT molecular complexity index is 399. The summed E-state index contributed by atoms with van der Waals surface area (Å²) >= 11 is 0. The van der Waals surface area contributed by atoms with Crippen LogP contribution in [0.3, 0.4) is 0 Å². The molecule has 5 atom stereocenters. The van der Waals surface area contributed by atoms with Gasteiger partial charge in [-0.1, -0.05) is 27.2 Å². The summed E-state index contributed by atoms with van der Waals surface area (Å²) < 4.78 is 5.62. The maximum absolute atomic E-state index is 12.5. The Hall–Kier alpha value is -0.860.